The predicted octanol–water partition coefficient (Wildman–Crippen LogP) is 1.03. The molecule has 8 N–H and O–H groups in total. The van der Waals surface area contributed by atoms with Crippen molar-refractivity contribution in [1.82, 2.24) is 51.2 Å². The molecule has 1 aliphatic heterocycles. The van der Waals surface area contributed by atoms with Crippen LogP contribution in [0.1, 0.15) is 50.4 Å². The Morgan fingerprint density at radius 3 is 2.72 bits per heavy atom. The van der Waals surface area contributed by atoms with Crippen LogP contribution < -0.4 is 27.0 Å². The number of aromatic nitrogens is 8. The molecule has 0 bridgehead atoms. The van der Waals surface area contributed by atoms with Gasteiger partial charge in [0.05, 0.1) is 24.0 Å². The fourth-order valence-corrected chi connectivity index (χ4v) is 5.45. The summed E-state index contributed by atoms with van der Waals surface area (Å²) in [6.07, 6.45) is 2.73. The topological polar surface area (TPSA) is 257 Å². The van der Waals surface area contributed by atoms with E-state index in [1.165, 1.54) is 0 Å². The van der Waals surface area contributed by atoms with Crippen LogP contribution in [0.25, 0.3) is 22.6 Å². The molecule has 1 aliphatic rings. The van der Waals surface area contributed by atoms with Gasteiger partial charge in [-0.3, -0.25) is 9.59 Å². The van der Waals surface area contributed by atoms with Crippen molar-refractivity contribution in [2.75, 3.05) is 29.5 Å². The molecule has 0 unspecified atom stereocenters. The molecule has 2 aromatic carbocycles. The fourth-order valence-electron chi connectivity index (χ4n) is 5.45. The number of fused-ring (bicyclic) bond motifs is 2. The van der Waals surface area contributed by atoms with Crippen LogP contribution >= 0.6 is 0 Å². The monoisotopic (exact) mass is 637 g/mol. The van der Waals surface area contributed by atoms with Gasteiger partial charge in [-0.2, -0.15) is 15.2 Å². The summed E-state index contributed by atoms with van der Waals surface area (Å²) < 4.78 is 0. The highest BCUT2D eigenvalue weighted by Crippen LogP contribution is 2.30. The lowest BCUT2D eigenvalue weighted by Crippen LogP contribution is -2.41. The summed E-state index contributed by atoms with van der Waals surface area (Å²) in [5.41, 5.74) is 17.0. The van der Waals surface area contributed by atoms with Crippen LogP contribution in [0.15, 0.2) is 42.6 Å². The van der Waals surface area contributed by atoms with Crippen molar-refractivity contribution in [1.29, 1.82) is 0 Å². The Bertz CT molecular complexity index is 1980. The van der Waals surface area contributed by atoms with E-state index in [-0.39, 0.29) is 30.6 Å². The van der Waals surface area contributed by atoms with Gasteiger partial charge in [-0.25, -0.2) is 14.8 Å². The van der Waals surface area contributed by atoms with E-state index >= 15 is 0 Å². The number of nitrogens with one attached hydrogen (secondary N) is 3. The van der Waals surface area contributed by atoms with Gasteiger partial charge >= 0.3 is 5.97 Å². The minimum absolute atomic E-state index is 0.0272. The van der Waals surface area contributed by atoms with Gasteiger partial charge in [0.25, 0.3) is 11.8 Å². The maximum atomic E-state index is 13.1. The summed E-state index contributed by atoms with van der Waals surface area (Å²) >= 11 is 0. The first-order valence-electron chi connectivity index (χ1n) is 14.7. The van der Waals surface area contributed by atoms with Gasteiger partial charge in [-0.1, -0.05) is 11.6 Å². The van der Waals surface area contributed by atoms with Crippen LogP contribution in [0.5, 0.6) is 0 Å². The molecule has 17 nitrogen and oxygen atoms in total. The van der Waals surface area contributed by atoms with Crippen LogP contribution in [0.3, 0.4) is 0 Å². The Hall–Kier alpha value is -6.26. The first kappa shape index (κ1) is 30.8. The molecule has 0 fully saturated rings. The number of carboxylic acid groups (broad SMARTS) is 1. The van der Waals surface area contributed by atoms with Gasteiger partial charge in [0.1, 0.15) is 6.04 Å². The number of aliphatic carboxylic acids is 1. The quantitative estimate of drug-likeness (QED) is 0.111. The number of anilines is 3. The fraction of sp³-hybridized carbons (Fsp3) is 0.267. The number of hydrogen-bond donors (Lipinski definition) is 6. The average Bonchev–Trinajstić information content (AvgIpc) is 3.73. The molecule has 3 aromatic heterocycles. The summed E-state index contributed by atoms with van der Waals surface area (Å²) in [6, 6.07) is 9.39. The number of carbonyl (C=O) groups is 3. The van der Waals surface area contributed by atoms with Crippen LogP contribution in [-0.2, 0) is 17.8 Å². The number of aromatic amines is 1. The third kappa shape index (κ3) is 6.73. The number of H-pyrrole nitrogens is 1. The molecule has 0 spiro atoms. The van der Waals surface area contributed by atoms with E-state index in [1.807, 2.05) is 13.0 Å². The molecule has 0 aliphatic carbocycles. The van der Waals surface area contributed by atoms with Gasteiger partial charge in [0.15, 0.2) is 17.0 Å². The molecule has 5 aromatic rings. The lowest BCUT2D eigenvalue weighted by atomic mass is 10.0. The number of nitrogen functional groups attached to an aromatic ring is 2. The molecular formula is C30H31N13O4. The van der Waals surface area contributed by atoms with Crippen molar-refractivity contribution >= 4 is 46.4 Å². The number of benzene rings is 2. The van der Waals surface area contributed by atoms with Gasteiger partial charge < -0.3 is 32.1 Å². The Balaban J connectivity index is 1.04. The van der Waals surface area contributed by atoms with Crippen LogP contribution in [0.4, 0.5) is 17.5 Å². The van der Waals surface area contributed by atoms with Crippen LogP contribution in [-0.4, -0.2) is 82.6 Å². The SMILES string of the molecule is Cc1ccc(C(=O)NCCC[C@H](NC(=O)c2ccc3c(c2)CCN3Cc2cnc3nc(N)nc(N)c3n2)C(=O)O)c(-c2nn[nH]n2)c1. The number of tetrazole rings is 1. The third-order valence-corrected chi connectivity index (χ3v) is 7.75. The van der Waals surface area contributed by atoms with Crippen molar-refractivity contribution in [3.8, 4) is 11.4 Å². The first-order valence-corrected chi connectivity index (χ1v) is 14.7. The number of nitrogens with zero attached hydrogens (tertiary/aromatic N) is 8. The Kier molecular flexibility index (Phi) is 8.50. The molecule has 1 atom stereocenters. The highest BCUT2D eigenvalue weighted by atomic mass is 16.4. The zero-order chi connectivity index (χ0) is 33.1. The second-order valence-corrected chi connectivity index (χ2v) is 11.1. The van der Waals surface area contributed by atoms with Crippen LogP contribution in [0.2, 0.25) is 0 Å². The summed E-state index contributed by atoms with van der Waals surface area (Å²) in [4.78, 5) is 57.0. The van der Waals surface area contributed by atoms with Crippen LogP contribution in [0, 0.1) is 6.92 Å². The zero-order valence-electron chi connectivity index (χ0n) is 25.3. The smallest absolute Gasteiger partial charge is 0.326 e. The maximum Gasteiger partial charge on any atom is 0.326 e. The second kappa shape index (κ2) is 13.0. The molecule has 17 heteroatoms. The van der Waals surface area contributed by atoms with Crippen molar-refractivity contribution in [3.63, 3.8) is 0 Å². The number of carboxylic acids is 1. The molecule has 6 rings (SSSR count). The minimum atomic E-state index is -1.17. The van der Waals surface area contributed by atoms with E-state index in [1.54, 1.807) is 36.5 Å². The van der Waals surface area contributed by atoms with Gasteiger partial charge in [0.2, 0.25) is 11.8 Å². The van der Waals surface area contributed by atoms with Gasteiger partial charge in [-0.15, -0.1) is 10.2 Å². The second-order valence-electron chi connectivity index (χ2n) is 11.1. The number of rotatable bonds is 11. The molecule has 0 saturated heterocycles. The summed E-state index contributed by atoms with van der Waals surface area (Å²) in [6.45, 7) is 3.22. The van der Waals surface area contributed by atoms with E-state index in [2.05, 4.69) is 56.1 Å². The molecule has 47 heavy (non-hydrogen) atoms. The average molecular weight is 638 g/mol. The highest BCUT2D eigenvalue weighted by molar-refractivity contribution is 6.00. The first-order chi connectivity index (χ1) is 22.7. The Morgan fingerprint density at radius 2 is 1.94 bits per heavy atom. The molecular weight excluding hydrogens is 606 g/mol. The molecule has 4 heterocycles. The van der Waals surface area contributed by atoms with E-state index < -0.39 is 17.9 Å². The van der Waals surface area contributed by atoms with Gasteiger partial charge in [-0.05, 0) is 67.3 Å². The minimum Gasteiger partial charge on any atom is -0.480 e. The predicted molar refractivity (Wildman–Crippen MR) is 170 cm³/mol. The summed E-state index contributed by atoms with van der Waals surface area (Å²) in [5.74, 6) is -1.55. The van der Waals surface area contributed by atoms with Crippen molar-refractivity contribution in [2.24, 2.45) is 0 Å². The van der Waals surface area contributed by atoms with Crippen molar-refractivity contribution < 1.29 is 19.5 Å². The van der Waals surface area contributed by atoms with Crippen molar-refractivity contribution in [2.45, 2.75) is 38.8 Å². The third-order valence-electron chi connectivity index (χ3n) is 7.75. The van der Waals surface area contributed by atoms with E-state index in [4.69, 9.17) is 11.5 Å². The molecule has 240 valence electrons. The number of carbonyl (C=O) groups excluding carboxylic acids is 2. The standard InChI is InChI=1S/C30H31N13O4/c1-15-4-6-19(20(11-15)25-39-41-42-40-25)28(45)33-9-2-3-21(29(46)47)36-27(44)17-5-7-22-16(12-17)8-10-43(22)14-18-13-34-26-23(35-18)24(31)37-30(32)38-26/h4-7,11-13,21H,2-3,8-10,14H2,1H3,(H,33,45)(H,36,44)(H,46,47)(H,39,40,41,42)(H4,31,32,34,37,38)/t21-/m0/s1. The number of aryl methyl sites for hydroxylation is 1. The zero-order valence-corrected chi connectivity index (χ0v) is 25.3. The molecule has 2 amide bonds. The molecule has 0 saturated carbocycles. The number of amides is 2. The number of hydrogen-bond acceptors (Lipinski definition) is 13. The van der Waals surface area contributed by atoms with E-state index in [9.17, 15) is 19.5 Å². The van der Waals surface area contributed by atoms with Crippen molar-refractivity contribution in [3.05, 3.63) is 70.5 Å². The lowest BCUT2D eigenvalue weighted by molar-refractivity contribution is -0.139. The largest absolute Gasteiger partial charge is 0.480 e. The molecule has 0 radical (unpaired) electrons. The lowest BCUT2D eigenvalue weighted by Gasteiger charge is -2.19. The highest BCUT2D eigenvalue weighted by Gasteiger charge is 2.25. The Labute approximate surface area is 267 Å². The normalized spacial score (nSPS) is 12.9. The summed E-state index contributed by atoms with van der Waals surface area (Å²) in [7, 11) is 0. The van der Waals surface area contributed by atoms with E-state index in [0.29, 0.717) is 65.3 Å². The van der Waals surface area contributed by atoms with Gasteiger partial charge in [0, 0.05) is 29.9 Å². The number of nitrogens with two attached hydrogens (primary N) is 2. The summed E-state index contributed by atoms with van der Waals surface area (Å²) in [5, 5.41) is 29.1. The maximum absolute atomic E-state index is 13.1. The Morgan fingerprint density at radius 1 is 1.09 bits per heavy atom. The van der Waals surface area contributed by atoms with E-state index in [0.717, 1.165) is 16.8 Å².